The Bertz CT molecular complexity index is 347. The third kappa shape index (κ3) is 3.80. The van der Waals surface area contributed by atoms with Crippen LogP contribution in [0.3, 0.4) is 0 Å². The first-order chi connectivity index (χ1) is 6.51. The van der Waals surface area contributed by atoms with E-state index in [1.165, 1.54) is 0 Å². The Balaban J connectivity index is 2.65. The zero-order chi connectivity index (χ0) is 10.6. The largest absolute Gasteiger partial charge is 0.246 e. The molecule has 1 aromatic heterocycles. The van der Waals surface area contributed by atoms with Crippen LogP contribution in [0.2, 0.25) is 0 Å². The molecule has 0 aliphatic carbocycles. The van der Waals surface area contributed by atoms with Crippen LogP contribution in [0.15, 0.2) is 18.3 Å². The average molecular weight is 206 g/mol. The van der Waals surface area contributed by atoms with Gasteiger partial charge in [0.05, 0.1) is 0 Å². The third-order valence-electron chi connectivity index (χ3n) is 1.61. The van der Waals surface area contributed by atoms with Crippen molar-refractivity contribution in [2.75, 3.05) is 0 Å². The first-order valence-corrected chi connectivity index (χ1v) is 5.49. The van der Waals surface area contributed by atoms with Gasteiger partial charge < -0.3 is 0 Å². The van der Waals surface area contributed by atoms with E-state index in [0.29, 0.717) is 5.69 Å². The van der Waals surface area contributed by atoms with Crippen molar-refractivity contribution in [3.63, 3.8) is 0 Å². The van der Waals surface area contributed by atoms with Crippen molar-refractivity contribution in [3.05, 3.63) is 29.6 Å². The molecular formula is C11H14N2S. The van der Waals surface area contributed by atoms with Crippen molar-refractivity contribution in [2.45, 2.75) is 31.3 Å². The molecule has 0 aliphatic heterocycles. The summed E-state index contributed by atoms with van der Waals surface area (Å²) in [7, 11) is 0. The third-order valence-corrected chi connectivity index (χ3v) is 2.95. The van der Waals surface area contributed by atoms with E-state index in [0.717, 1.165) is 11.3 Å². The second-order valence-corrected chi connectivity index (χ2v) is 5.86. The molecule has 1 heterocycles. The van der Waals surface area contributed by atoms with Gasteiger partial charge in [0.2, 0.25) is 0 Å². The van der Waals surface area contributed by atoms with Crippen LogP contribution in [-0.4, -0.2) is 9.73 Å². The van der Waals surface area contributed by atoms with Crippen molar-refractivity contribution < 1.29 is 0 Å². The van der Waals surface area contributed by atoms with Gasteiger partial charge in [0.15, 0.2) is 0 Å². The molecule has 0 radical (unpaired) electrons. The number of hydrogen-bond acceptors (Lipinski definition) is 3. The second kappa shape index (κ2) is 4.47. The van der Waals surface area contributed by atoms with Crippen molar-refractivity contribution in [2.24, 2.45) is 0 Å². The molecule has 74 valence electrons. The molecule has 0 aliphatic rings. The average Bonchev–Trinajstić information content (AvgIpc) is 2.14. The van der Waals surface area contributed by atoms with Crippen LogP contribution in [0.4, 0.5) is 0 Å². The Morgan fingerprint density at radius 1 is 1.50 bits per heavy atom. The minimum absolute atomic E-state index is 0.260. The molecule has 14 heavy (non-hydrogen) atoms. The van der Waals surface area contributed by atoms with E-state index in [1.807, 2.05) is 30.0 Å². The van der Waals surface area contributed by atoms with Gasteiger partial charge in [-0.15, -0.1) is 0 Å². The quantitative estimate of drug-likeness (QED) is 0.746. The van der Waals surface area contributed by atoms with Crippen molar-refractivity contribution >= 4 is 11.8 Å². The van der Waals surface area contributed by atoms with E-state index >= 15 is 0 Å². The normalized spacial score (nSPS) is 11.0. The van der Waals surface area contributed by atoms with Crippen molar-refractivity contribution in [1.82, 2.24) is 4.98 Å². The highest BCUT2D eigenvalue weighted by Gasteiger charge is 2.10. The lowest BCUT2D eigenvalue weighted by Crippen LogP contribution is -2.07. The van der Waals surface area contributed by atoms with Crippen LogP contribution < -0.4 is 0 Å². The summed E-state index contributed by atoms with van der Waals surface area (Å²) in [5, 5.41) is 8.67. The number of nitrogens with zero attached hydrogens (tertiary/aromatic N) is 2. The molecule has 0 bridgehead atoms. The number of rotatable bonds is 2. The topological polar surface area (TPSA) is 36.7 Å². The summed E-state index contributed by atoms with van der Waals surface area (Å²) in [6, 6.07) is 5.85. The number of pyridine rings is 1. The summed E-state index contributed by atoms with van der Waals surface area (Å²) in [6.45, 7) is 6.55. The Labute approximate surface area is 89.4 Å². The monoisotopic (exact) mass is 206 g/mol. The smallest absolute Gasteiger partial charge is 0.140 e. The molecule has 0 fully saturated rings. The maximum atomic E-state index is 8.67. The molecule has 0 unspecified atom stereocenters. The molecule has 0 aromatic carbocycles. The summed E-state index contributed by atoms with van der Waals surface area (Å²) < 4.78 is 0.260. The predicted octanol–water partition coefficient (Wildman–Crippen LogP) is 2.98. The lowest BCUT2D eigenvalue weighted by atomic mass is 10.2. The van der Waals surface area contributed by atoms with Gasteiger partial charge in [-0.3, -0.25) is 0 Å². The van der Waals surface area contributed by atoms with Crippen LogP contribution in [0, 0.1) is 11.3 Å². The van der Waals surface area contributed by atoms with Gasteiger partial charge in [-0.05, 0) is 17.7 Å². The highest BCUT2D eigenvalue weighted by atomic mass is 32.2. The fourth-order valence-corrected chi connectivity index (χ4v) is 1.70. The summed E-state index contributed by atoms with van der Waals surface area (Å²) in [4.78, 5) is 3.93. The number of hydrogen-bond donors (Lipinski definition) is 0. The molecule has 0 saturated heterocycles. The van der Waals surface area contributed by atoms with Gasteiger partial charge in [0, 0.05) is 16.7 Å². The van der Waals surface area contributed by atoms with Gasteiger partial charge in [-0.25, -0.2) is 4.98 Å². The van der Waals surface area contributed by atoms with Crippen molar-refractivity contribution in [3.8, 4) is 6.07 Å². The van der Waals surface area contributed by atoms with E-state index < -0.39 is 0 Å². The van der Waals surface area contributed by atoms with Crippen LogP contribution in [0.1, 0.15) is 32.0 Å². The number of nitriles is 1. The molecule has 2 nitrogen and oxygen atoms in total. The first-order valence-electron chi connectivity index (χ1n) is 4.50. The van der Waals surface area contributed by atoms with Gasteiger partial charge in [-0.2, -0.15) is 17.0 Å². The summed E-state index contributed by atoms with van der Waals surface area (Å²) in [5.41, 5.74) is 1.66. The zero-order valence-electron chi connectivity index (χ0n) is 8.74. The van der Waals surface area contributed by atoms with E-state index in [9.17, 15) is 0 Å². The van der Waals surface area contributed by atoms with Gasteiger partial charge >= 0.3 is 0 Å². The lowest BCUT2D eigenvalue weighted by molar-refractivity contribution is 0.802. The number of thioether (sulfide) groups is 1. The maximum absolute atomic E-state index is 8.67. The Morgan fingerprint density at radius 2 is 2.21 bits per heavy atom. The molecule has 0 spiro atoms. The fraction of sp³-hybridized carbons (Fsp3) is 0.455. The Hall–Kier alpha value is -1.01. The predicted molar refractivity (Wildman–Crippen MR) is 60.0 cm³/mol. The zero-order valence-corrected chi connectivity index (χ0v) is 9.56. The van der Waals surface area contributed by atoms with Crippen molar-refractivity contribution in [1.29, 1.82) is 5.26 Å². The molecule has 0 N–H and O–H groups in total. The second-order valence-electron chi connectivity index (χ2n) is 4.06. The van der Waals surface area contributed by atoms with Gasteiger partial charge in [-0.1, -0.05) is 20.8 Å². The van der Waals surface area contributed by atoms with Crippen LogP contribution in [-0.2, 0) is 5.75 Å². The Kier molecular flexibility index (Phi) is 3.54. The van der Waals surface area contributed by atoms with Crippen LogP contribution >= 0.6 is 11.8 Å². The molecular weight excluding hydrogens is 192 g/mol. The highest BCUT2D eigenvalue weighted by Crippen LogP contribution is 2.26. The van der Waals surface area contributed by atoms with E-state index in [4.69, 9.17) is 5.26 Å². The Morgan fingerprint density at radius 3 is 2.79 bits per heavy atom. The summed E-state index contributed by atoms with van der Waals surface area (Å²) in [6.07, 6.45) is 1.69. The van der Waals surface area contributed by atoms with Crippen LogP contribution in [0.5, 0.6) is 0 Å². The first kappa shape index (κ1) is 11.1. The highest BCUT2D eigenvalue weighted by molar-refractivity contribution is 7.99. The maximum Gasteiger partial charge on any atom is 0.140 e. The van der Waals surface area contributed by atoms with E-state index in [2.05, 4.69) is 25.8 Å². The molecule has 0 atom stereocenters. The minimum atomic E-state index is 0.260. The summed E-state index contributed by atoms with van der Waals surface area (Å²) in [5.74, 6) is 0.931. The molecule has 0 amide bonds. The molecule has 1 rings (SSSR count). The molecule has 3 heteroatoms. The molecule has 1 aromatic rings. The molecule has 0 saturated carbocycles. The standard InChI is InChI=1S/C11H14N2S/c1-11(2,3)14-8-9-4-5-13-10(6-9)7-12/h4-6H,8H2,1-3H3. The van der Waals surface area contributed by atoms with Crippen LogP contribution in [0.25, 0.3) is 0 Å². The van der Waals surface area contributed by atoms with Gasteiger partial charge in [0.25, 0.3) is 0 Å². The van der Waals surface area contributed by atoms with E-state index in [-0.39, 0.29) is 4.75 Å². The minimum Gasteiger partial charge on any atom is -0.246 e. The number of aromatic nitrogens is 1. The summed E-state index contributed by atoms with van der Waals surface area (Å²) >= 11 is 1.87. The van der Waals surface area contributed by atoms with Gasteiger partial charge in [0.1, 0.15) is 11.8 Å². The lowest BCUT2D eigenvalue weighted by Gasteiger charge is -2.17. The fourth-order valence-electron chi connectivity index (χ4n) is 0.925. The SMILES string of the molecule is CC(C)(C)SCc1ccnc(C#N)c1. The van der Waals surface area contributed by atoms with E-state index in [1.54, 1.807) is 6.20 Å².